The van der Waals surface area contributed by atoms with Crippen molar-refractivity contribution in [3.63, 3.8) is 0 Å². The molecule has 2 atom stereocenters. The molecular weight excluding hydrogens is 298 g/mol. The molecule has 0 N–H and O–H groups in total. The van der Waals surface area contributed by atoms with Crippen LogP contribution in [0.3, 0.4) is 0 Å². The quantitative estimate of drug-likeness (QED) is 0.484. The normalized spacial score (nSPS) is 22.3. The summed E-state index contributed by atoms with van der Waals surface area (Å²) in [6, 6.07) is 19.5. The van der Waals surface area contributed by atoms with Crippen molar-refractivity contribution in [2.45, 2.75) is 32.8 Å². The largest absolute Gasteiger partial charge is 1.00 e. The van der Waals surface area contributed by atoms with Gasteiger partial charge in [0.1, 0.15) is 0 Å². The van der Waals surface area contributed by atoms with Crippen LogP contribution in [-0.2, 0) is 9.30 Å². The Morgan fingerprint density at radius 1 is 0.957 bits per heavy atom. The predicted molar refractivity (Wildman–Crippen MR) is 91.9 cm³/mol. The fraction of sp³-hybridized carbons (Fsp3) is 0.316. The Hall–Kier alpha value is -0.773. The van der Waals surface area contributed by atoms with Crippen molar-refractivity contribution in [3.8, 4) is 0 Å². The van der Waals surface area contributed by atoms with E-state index in [4.69, 9.17) is 4.74 Å². The van der Waals surface area contributed by atoms with Crippen molar-refractivity contribution >= 4 is 17.8 Å². The van der Waals surface area contributed by atoms with E-state index in [0.717, 1.165) is 29.3 Å². The van der Waals surface area contributed by atoms with Gasteiger partial charge in [-0.2, -0.15) is 0 Å². The zero-order valence-corrected chi connectivity index (χ0v) is 15.0. The van der Waals surface area contributed by atoms with E-state index in [0.29, 0.717) is 5.92 Å². The minimum absolute atomic E-state index is 0. The molecule has 0 saturated carbocycles. The Labute approximate surface area is 151 Å². The Balaban J connectivity index is 0.00000192. The molecule has 1 heterocycles. The molecule has 1 aliphatic rings. The van der Waals surface area contributed by atoms with Gasteiger partial charge in [0.2, 0.25) is 0 Å². The zero-order chi connectivity index (χ0) is 15.6. The molecule has 1 aliphatic heterocycles. The summed E-state index contributed by atoms with van der Waals surface area (Å²) in [7, 11) is -2.88. The van der Waals surface area contributed by atoms with E-state index in [1.807, 2.05) is 60.7 Å². The topological polar surface area (TPSA) is 26.3 Å². The second-order valence-corrected chi connectivity index (χ2v) is 8.90. The second-order valence-electron chi connectivity index (χ2n) is 6.15. The SMILES string of the molecule is C[C@H]1C[C-](P(=O)(c2ccccc2)c2ccccc2)O[C@@H](C)C1.[Li+]. The van der Waals surface area contributed by atoms with Gasteiger partial charge in [0, 0.05) is 13.2 Å². The first-order valence-electron chi connectivity index (χ1n) is 7.85. The second kappa shape index (κ2) is 7.87. The molecule has 0 amide bonds. The first-order chi connectivity index (χ1) is 10.6. The molecule has 2 aromatic rings. The molecule has 0 aliphatic carbocycles. The molecule has 116 valence electrons. The first-order valence-corrected chi connectivity index (χ1v) is 9.55. The number of rotatable bonds is 3. The number of hydrogen-bond donors (Lipinski definition) is 0. The Bertz CT molecular complexity index is 606. The molecule has 1 fully saturated rings. The predicted octanol–water partition coefficient (Wildman–Crippen LogP) is 1.33. The van der Waals surface area contributed by atoms with Crippen molar-refractivity contribution in [1.29, 1.82) is 0 Å². The molecule has 0 unspecified atom stereocenters. The maximum atomic E-state index is 14.1. The zero-order valence-electron chi connectivity index (χ0n) is 14.1. The van der Waals surface area contributed by atoms with E-state index in [9.17, 15) is 4.57 Å². The molecule has 1 saturated heterocycles. The van der Waals surface area contributed by atoms with Gasteiger partial charge in [0.25, 0.3) is 0 Å². The summed E-state index contributed by atoms with van der Waals surface area (Å²) < 4.78 is 20.2. The third-order valence-corrected chi connectivity index (χ3v) is 7.23. The standard InChI is InChI=1S/C19H22O2P.Li/c1-15-13-16(2)21-19(14-15)22(20,17-9-5-3-6-10-17)18-11-7-4-8-12-18;/h3-12,15-16H,13-14H2,1-2H3;/q-1;+1/t15-,16+;/m1./s1. The van der Waals surface area contributed by atoms with Crippen LogP contribution < -0.4 is 29.5 Å². The van der Waals surface area contributed by atoms with E-state index in [-0.39, 0.29) is 25.0 Å². The Morgan fingerprint density at radius 3 is 1.87 bits per heavy atom. The van der Waals surface area contributed by atoms with E-state index in [1.165, 1.54) is 0 Å². The van der Waals surface area contributed by atoms with Gasteiger partial charge in [-0.3, -0.25) is 0 Å². The summed E-state index contributed by atoms with van der Waals surface area (Å²) in [5.41, 5.74) is 0. The number of hydrogen-bond acceptors (Lipinski definition) is 2. The molecule has 0 aromatic heterocycles. The van der Waals surface area contributed by atoms with Crippen LogP contribution in [0.25, 0.3) is 0 Å². The van der Waals surface area contributed by atoms with Crippen LogP contribution in [0.15, 0.2) is 60.7 Å². The molecule has 4 heteroatoms. The van der Waals surface area contributed by atoms with Crippen molar-refractivity contribution < 1.29 is 28.2 Å². The fourth-order valence-corrected chi connectivity index (χ4v) is 6.15. The monoisotopic (exact) mass is 320 g/mol. The van der Waals surface area contributed by atoms with Gasteiger partial charge in [0.05, 0.1) is 0 Å². The average molecular weight is 320 g/mol. The van der Waals surface area contributed by atoms with Crippen LogP contribution in [0, 0.1) is 11.8 Å². The van der Waals surface area contributed by atoms with Crippen LogP contribution in [0.2, 0.25) is 0 Å². The minimum Gasteiger partial charge on any atom is -0.538 e. The summed E-state index contributed by atoms with van der Waals surface area (Å²) >= 11 is 0. The fourth-order valence-electron chi connectivity index (χ4n) is 3.19. The summed E-state index contributed by atoms with van der Waals surface area (Å²) in [5.74, 6) is 1.26. The maximum Gasteiger partial charge on any atom is 1.00 e. The van der Waals surface area contributed by atoms with Crippen LogP contribution in [-0.4, -0.2) is 6.10 Å². The molecule has 2 nitrogen and oxygen atoms in total. The average Bonchev–Trinajstić information content (AvgIpc) is 2.55. The molecule has 23 heavy (non-hydrogen) atoms. The van der Waals surface area contributed by atoms with Crippen LogP contribution in [0.1, 0.15) is 26.7 Å². The van der Waals surface area contributed by atoms with Crippen LogP contribution >= 0.6 is 7.14 Å². The van der Waals surface area contributed by atoms with E-state index < -0.39 is 7.14 Å². The molecule has 0 radical (unpaired) electrons. The van der Waals surface area contributed by atoms with E-state index in [1.54, 1.807) is 0 Å². The third kappa shape index (κ3) is 3.84. The van der Waals surface area contributed by atoms with Gasteiger partial charge < -0.3 is 9.30 Å². The van der Waals surface area contributed by atoms with Crippen LogP contribution in [0.4, 0.5) is 0 Å². The van der Waals surface area contributed by atoms with Crippen LogP contribution in [0.5, 0.6) is 0 Å². The van der Waals surface area contributed by atoms with Gasteiger partial charge in [-0.05, 0) is 24.0 Å². The number of benzene rings is 2. The van der Waals surface area contributed by atoms with Crippen molar-refractivity contribution in [3.05, 3.63) is 66.5 Å². The maximum absolute atomic E-state index is 14.1. The van der Waals surface area contributed by atoms with Gasteiger partial charge in [0.15, 0.2) is 0 Å². The number of ether oxygens (including phenoxy) is 1. The summed E-state index contributed by atoms with van der Waals surface area (Å²) in [6.45, 7) is 4.27. The molecule has 3 rings (SSSR count). The molecule has 0 bridgehead atoms. The summed E-state index contributed by atoms with van der Waals surface area (Å²) in [4.78, 5) is 0. The summed E-state index contributed by atoms with van der Waals surface area (Å²) in [6.07, 6.45) is 1.91. The van der Waals surface area contributed by atoms with Gasteiger partial charge in [-0.1, -0.05) is 73.5 Å². The Morgan fingerprint density at radius 2 is 1.43 bits per heavy atom. The van der Waals surface area contributed by atoms with Crippen molar-refractivity contribution in [2.75, 3.05) is 0 Å². The van der Waals surface area contributed by atoms with Crippen molar-refractivity contribution in [2.24, 2.45) is 5.92 Å². The Kier molecular flexibility index (Phi) is 6.35. The summed E-state index contributed by atoms with van der Waals surface area (Å²) in [5, 5.41) is 1.72. The van der Waals surface area contributed by atoms with E-state index in [2.05, 4.69) is 13.8 Å². The molecular formula is C19H22LiO2P. The van der Waals surface area contributed by atoms with Crippen molar-refractivity contribution in [1.82, 2.24) is 0 Å². The van der Waals surface area contributed by atoms with Gasteiger partial charge >= 0.3 is 18.9 Å². The molecule has 0 spiro atoms. The van der Waals surface area contributed by atoms with Gasteiger partial charge in [-0.25, -0.2) is 0 Å². The van der Waals surface area contributed by atoms with E-state index >= 15 is 0 Å². The first kappa shape index (κ1) is 18.6. The smallest absolute Gasteiger partial charge is 0.538 e. The van der Waals surface area contributed by atoms with Gasteiger partial charge in [-0.15, -0.1) is 12.3 Å². The minimum atomic E-state index is -2.88. The third-order valence-electron chi connectivity index (χ3n) is 4.19. The molecule has 2 aromatic carbocycles.